The van der Waals surface area contributed by atoms with Crippen molar-refractivity contribution in [3.8, 4) is 0 Å². The number of alkyl halides is 3. The number of benzene rings is 1. The van der Waals surface area contributed by atoms with Crippen molar-refractivity contribution in [1.29, 1.82) is 0 Å². The zero-order valence-corrected chi connectivity index (χ0v) is 8.57. The lowest BCUT2D eigenvalue weighted by molar-refractivity contribution is -0.137. The van der Waals surface area contributed by atoms with Crippen molar-refractivity contribution >= 4 is 12.6 Å². The Hall–Kier alpha value is -1.05. The molecule has 0 spiro atoms. The van der Waals surface area contributed by atoms with Crippen LogP contribution in [0.2, 0.25) is 0 Å². The maximum absolute atomic E-state index is 12.0. The minimum absolute atomic E-state index is 0.0352. The number of halogens is 3. The highest BCUT2D eigenvalue weighted by Crippen LogP contribution is 2.28. The second kappa shape index (κ2) is 6.52. The Balaban J connectivity index is 0.000000673. The van der Waals surface area contributed by atoms with E-state index in [1.165, 1.54) is 0 Å². The largest absolute Gasteiger partial charge is 0.488 e. The fraction of sp³-hybridized carbons (Fsp3) is 0.333. The molecule has 1 rings (SSSR count). The standard InChI is InChI=1S/C7H6BF3O2.C2H6O/c9-7(10,11)5-1-3-6(4-2-5)8(12)13;1-2-3/h1-4,12-13H;3H,2H2,1H3. The summed E-state index contributed by atoms with van der Waals surface area (Å²) in [7, 11) is -1.73. The summed E-state index contributed by atoms with van der Waals surface area (Å²) in [6.07, 6.45) is -4.39. The van der Waals surface area contributed by atoms with E-state index in [4.69, 9.17) is 15.2 Å². The average molecular weight is 236 g/mol. The highest BCUT2D eigenvalue weighted by molar-refractivity contribution is 6.58. The molecule has 1 aromatic carbocycles. The lowest BCUT2D eigenvalue weighted by atomic mass is 9.80. The molecular formula is C9H12BF3O3. The molecule has 1 aromatic rings. The van der Waals surface area contributed by atoms with Crippen LogP contribution in [0, 0.1) is 0 Å². The number of hydrogen-bond donors (Lipinski definition) is 3. The molecule has 0 aliphatic rings. The van der Waals surface area contributed by atoms with Crippen molar-refractivity contribution in [2.24, 2.45) is 0 Å². The molecule has 0 saturated carbocycles. The van der Waals surface area contributed by atoms with Crippen molar-refractivity contribution in [3.05, 3.63) is 29.8 Å². The molecular weight excluding hydrogens is 224 g/mol. The van der Waals surface area contributed by atoms with Gasteiger partial charge in [-0.1, -0.05) is 24.3 Å². The van der Waals surface area contributed by atoms with E-state index in [2.05, 4.69) is 0 Å². The second-order valence-corrected chi connectivity index (χ2v) is 2.81. The van der Waals surface area contributed by atoms with Crippen LogP contribution in [0.3, 0.4) is 0 Å². The van der Waals surface area contributed by atoms with Crippen molar-refractivity contribution in [1.82, 2.24) is 0 Å². The fourth-order valence-electron chi connectivity index (χ4n) is 0.844. The molecule has 0 saturated heterocycles. The van der Waals surface area contributed by atoms with Gasteiger partial charge in [-0.15, -0.1) is 0 Å². The van der Waals surface area contributed by atoms with Crippen LogP contribution in [-0.2, 0) is 6.18 Å². The summed E-state index contributed by atoms with van der Waals surface area (Å²) in [4.78, 5) is 0. The predicted molar refractivity (Wildman–Crippen MR) is 54.0 cm³/mol. The number of aliphatic hydroxyl groups excluding tert-OH is 1. The Labute approximate surface area is 91.3 Å². The minimum atomic E-state index is -4.39. The molecule has 16 heavy (non-hydrogen) atoms. The lowest BCUT2D eigenvalue weighted by Gasteiger charge is -2.06. The van der Waals surface area contributed by atoms with Gasteiger partial charge in [0.25, 0.3) is 0 Å². The Morgan fingerprint density at radius 1 is 1.12 bits per heavy atom. The third-order valence-corrected chi connectivity index (χ3v) is 1.54. The van der Waals surface area contributed by atoms with E-state index in [9.17, 15) is 13.2 Å². The molecule has 0 aliphatic heterocycles. The van der Waals surface area contributed by atoms with E-state index in [1.54, 1.807) is 6.92 Å². The Morgan fingerprint density at radius 3 is 1.75 bits per heavy atom. The smallest absolute Gasteiger partial charge is 0.423 e. The van der Waals surface area contributed by atoms with Crippen LogP contribution in [0.5, 0.6) is 0 Å². The molecule has 3 nitrogen and oxygen atoms in total. The van der Waals surface area contributed by atoms with Crippen LogP contribution in [0.25, 0.3) is 0 Å². The summed E-state index contributed by atoms with van der Waals surface area (Å²) in [6.45, 7) is 1.93. The van der Waals surface area contributed by atoms with Gasteiger partial charge < -0.3 is 15.2 Å². The van der Waals surface area contributed by atoms with E-state index in [0.717, 1.165) is 24.3 Å². The minimum Gasteiger partial charge on any atom is -0.423 e. The van der Waals surface area contributed by atoms with Gasteiger partial charge in [-0.2, -0.15) is 13.2 Å². The highest BCUT2D eigenvalue weighted by atomic mass is 19.4. The van der Waals surface area contributed by atoms with Crippen LogP contribution >= 0.6 is 0 Å². The molecule has 0 bridgehead atoms. The first kappa shape index (κ1) is 15.0. The van der Waals surface area contributed by atoms with Crippen molar-refractivity contribution in [2.75, 3.05) is 6.61 Å². The molecule has 3 N–H and O–H groups in total. The Kier molecular flexibility index (Phi) is 6.09. The molecule has 0 heterocycles. The molecule has 0 unspecified atom stereocenters. The lowest BCUT2D eigenvalue weighted by Crippen LogP contribution is -2.29. The van der Waals surface area contributed by atoms with E-state index in [1.807, 2.05) is 0 Å². The van der Waals surface area contributed by atoms with Crippen molar-refractivity contribution in [2.45, 2.75) is 13.1 Å². The fourth-order valence-corrected chi connectivity index (χ4v) is 0.844. The zero-order valence-electron chi connectivity index (χ0n) is 8.57. The summed E-state index contributed by atoms with van der Waals surface area (Å²) in [5.74, 6) is 0. The van der Waals surface area contributed by atoms with E-state index in [-0.39, 0.29) is 12.1 Å². The van der Waals surface area contributed by atoms with Crippen LogP contribution in [0.15, 0.2) is 24.3 Å². The second-order valence-electron chi connectivity index (χ2n) is 2.81. The SMILES string of the molecule is CCO.OB(O)c1ccc(C(F)(F)F)cc1. The average Bonchev–Trinajstić information content (AvgIpc) is 2.18. The van der Waals surface area contributed by atoms with E-state index < -0.39 is 18.9 Å². The van der Waals surface area contributed by atoms with Crippen molar-refractivity contribution < 1.29 is 28.3 Å². The van der Waals surface area contributed by atoms with Gasteiger partial charge in [-0.25, -0.2) is 0 Å². The first-order valence-corrected chi connectivity index (χ1v) is 4.47. The van der Waals surface area contributed by atoms with Gasteiger partial charge in [0, 0.05) is 6.61 Å². The van der Waals surface area contributed by atoms with Crippen LogP contribution in [0.4, 0.5) is 13.2 Å². The van der Waals surface area contributed by atoms with Gasteiger partial charge in [0.15, 0.2) is 0 Å². The molecule has 0 atom stereocenters. The summed E-state index contributed by atoms with van der Waals surface area (Å²) in [5, 5.41) is 24.8. The van der Waals surface area contributed by atoms with Gasteiger partial charge in [-0.05, 0) is 12.4 Å². The monoisotopic (exact) mass is 236 g/mol. The van der Waals surface area contributed by atoms with Gasteiger partial charge >= 0.3 is 13.3 Å². The molecule has 7 heteroatoms. The molecule has 0 aliphatic carbocycles. The van der Waals surface area contributed by atoms with Gasteiger partial charge in [-0.3, -0.25) is 0 Å². The van der Waals surface area contributed by atoms with Crippen LogP contribution in [-0.4, -0.2) is 28.9 Å². The first-order chi connectivity index (χ1) is 7.32. The quantitative estimate of drug-likeness (QED) is 0.618. The normalized spacial score (nSPS) is 10.4. The molecule has 90 valence electrons. The number of aliphatic hydroxyl groups is 1. The van der Waals surface area contributed by atoms with Crippen molar-refractivity contribution in [3.63, 3.8) is 0 Å². The van der Waals surface area contributed by atoms with E-state index in [0.29, 0.717) is 0 Å². The van der Waals surface area contributed by atoms with Gasteiger partial charge in [0.1, 0.15) is 0 Å². The topological polar surface area (TPSA) is 60.7 Å². The first-order valence-electron chi connectivity index (χ1n) is 4.47. The maximum atomic E-state index is 12.0. The summed E-state index contributed by atoms with van der Waals surface area (Å²) in [6, 6.07) is 3.64. The van der Waals surface area contributed by atoms with Gasteiger partial charge in [0.2, 0.25) is 0 Å². The molecule has 0 aromatic heterocycles. The molecule has 0 amide bonds. The number of hydrogen-bond acceptors (Lipinski definition) is 3. The summed E-state index contributed by atoms with van der Waals surface area (Å²) >= 11 is 0. The maximum Gasteiger partial charge on any atom is 0.488 e. The summed E-state index contributed by atoms with van der Waals surface area (Å²) < 4.78 is 36.0. The zero-order chi connectivity index (χ0) is 12.8. The molecule has 0 fully saturated rings. The van der Waals surface area contributed by atoms with Gasteiger partial charge in [0.05, 0.1) is 5.56 Å². The molecule has 0 radical (unpaired) electrons. The predicted octanol–water partition coefficient (Wildman–Crippen LogP) is 0.384. The third kappa shape index (κ3) is 5.15. The van der Waals surface area contributed by atoms with Crippen LogP contribution < -0.4 is 5.46 Å². The number of rotatable bonds is 1. The van der Waals surface area contributed by atoms with E-state index >= 15 is 0 Å². The Morgan fingerprint density at radius 2 is 1.50 bits per heavy atom. The van der Waals surface area contributed by atoms with Crippen LogP contribution in [0.1, 0.15) is 12.5 Å². The highest BCUT2D eigenvalue weighted by Gasteiger charge is 2.30. The third-order valence-electron chi connectivity index (χ3n) is 1.54. The Bertz CT molecular complexity index is 298. The summed E-state index contributed by atoms with van der Waals surface area (Å²) in [5.41, 5.74) is -0.773.